The lowest BCUT2D eigenvalue weighted by molar-refractivity contribution is -0.118. The number of piperidine rings is 1. The van der Waals surface area contributed by atoms with Crippen LogP contribution in [0.4, 0.5) is 10.2 Å². The van der Waals surface area contributed by atoms with E-state index < -0.39 is 5.82 Å². The number of amides is 1. The molecule has 2 heterocycles. The normalized spacial score (nSPS) is 27.4. The number of carbonyl (C=O) groups is 1. The van der Waals surface area contributed by atoms with Crippen LogP contribution in [0.15, 0.2) is 10.7 Å². The maximum absolute atomic E-state index is 13.2. The number of carbonyl (C=O) groups excluding carboxylic acids is 1. The first kappa shape index (κ1) is 14.7. The smallest absolute Gasteiger partial charge is 0.242 e. The van der Waals surface area contributed by atoms with Crippen LogP contribution in [0, 0.1) is 24.6 Å². The molecule has 3 rings (SSSR count). The van der Waals surface area contributed by atoms with Gasteiger partial charge < -0.3 is 10.6 Å². The molecule has 1 amide bonds. The number of hydrogen-bond acceptors (Lipinski definition) is 3. The SMILES string of the molecule is Cc1cc(F)c(Br)nc1NC(=O)[C@H]1NC[C@H]2C[C@H]21.Cl. The van der Waals surface area contributed by atoms with Crippen LogP contribution in [-0.2, 0) is 4.79 Å². The molecule has 1 aromatic heterocycles. The van der Waals surface area contributed by atoms with Gasteiger partial charge in [-0.1, -0.05) is 0 Å². The van der Waals surface area contributed by atoms with Gasteiger partial charge in [0.05, 0.1) is 6.04 Å². The molecular formula is C12H14BrClFN3O. The number of anilines is 1. The first-order valence-electron chi connectivity index (χ1n) is 5.93. The summed E-state index contributed by atoms with van der Waals surface area (Å²) in [6, 6.07) is 1.23. The average molecular weight is 351 g/mol. The molecule has 1 saturated carbocycles. The third-order valence-electron chi connectivity index (χ3n) is 3.65. The van der Waals surface area contributed by atoms with Crippen molar-refractivity contribution in [3.05, 3.63) is 22.1 Å². The maximum Gasteiger partial charge on any atom is 0.242 e. The molecule has 1 aliphatic carbocycles. The van der Waals surface area contributed by atoms with Crippen LogP contribution in [-0.4, -0.2) is 23.5 Å². The van der Waals surface area contributed by atoms with Gasteiger partial charge in [-0.25, -0.2) is 9.37 Å². The van der Waals surface area contributed by atoms with E-state index in [-0.39, 0.29) is 29.0 Å². The second-order valence-electron chi connectivity index (χ2n) is 4.96. The summed E-state index contributed by atoms with van der Waals surface area (Å²) < 4.78 is 13.3. The fourth-order valence-electron chi connectivity index (χ4n) is 2.51. The minimum absolute atomic E-state index is 0. The molecule has 1 aromatic rings. The summed E-state index contributed by atoms with van der Waals surface area (Å²) in [5.41, 5.74) is 0.620. The van der Waals surface area contributed by atoms with Gasteiger partial charge in [0.2, 0.25) is 5.91 Å². The Hall–Kier alpha value is -0.720. The molecule has 1 aliphatic heterocycles. The molecule has 0 radical (unpaired) electrons. The number of aromatic nitrogens is 1. The molecule has 2 N–H and O–H groups in total. The Morgan fingerprint density at radius 1 is 1.63 bits per heavy atom. The average Bonchev–Trinajstić information content (AvgIpc) is 2.97. The van der Waals surface area contributed by atoms with E-state index in [1.807, 2.05) is 0 Å². The van der Waals surface area contributed by atoms with E-state index in [1.54, 1.807) is 6.92 Å². The number of hydrogen-bond donors (Lipinski definition) is 2. The molecule has 4 nitrogen and oxygen atoms in total. The van der Waals surface area contributed by atoms with E-state index in [1.165, 1.54) is 6.07 Å². The van der Waals surface area contributed by atoms with Crippen molar-refractivity contribution >= 4 is 40.1 Å². The molecule has 0 aromatic carbocycles. The minimum Gasteiger partial charge on any atom is -0.309 e. The zero-order chi connectivity index (χ0) is 12.9. The Labute approximate surface area is 125 Å². The van der Waals surface area contributed by atoms with Crippen LogP contribution in [0.1, 0.15) is 12.0 Å². The molecule has 0 unspecified atom stereocenters. The van der Waals surface area contributed by atoms with Crippen molar-refractivity contribution in [2.75, 3.05) is 11.9 Å². The summed E-state index contributed by atoms with van der Waals surface area (Å²) in [6.45, 7) is 2.64. The Kier molecular flexibility index (Phi) is 4.13. The molecule has 1 saturated heterocycles. The topological polar surface area (TPSA) is 54.0 Å². The van der Waals surface area contributed by atoms with E-state index in [4.69, 9.17) is 0 Å². The Morgan fingerprint density at radius 3 is 2.95 bits per heavy atom. The Morgan fingerprint density at radius 2 is 2.37 bits per heavy atom. The van der Waals surface area contributed by atoms with E-state index in [0.717, 1.165) is 13.0 Å². The van der Waals surface area contributed by atoms with Crippen molar-refractivity contribution in [2.24, 2.45) is 11.8 Å². The predicted molar refractivity (Wildman–Crippen MR) is 75.9 cm³/mol. The second kappa shape index (κ2) is 5.34. The van der Waals surface area contributed by atoms with Gasteiger partial charge >= 0.3 is 0 Å². The van der Waals surface area contributed by atoms with Crippen LogP contribution < -0.4 is 10.6 Å². The lowest BCUT2D eigenvalue weighted by atomic mass is 10.2. The maximum atomic E-state index is 13.2. The van der Waals surface area contributed by atoms with Crippen LogP contribution in [0.5, 0.6) is 0 Å². The van der Waals surface area contributed by atoms with E-state index in [0.29, 0.717) is 23.2 Å². The van der Waals surface area contributed by atoms with Crippen molar-refractivity contribution in [2.45, 2.75) is 19.4 Å². The lowest BCUT2D eigenvalue weighted by Crippen LogP contribution is -2.39. The third kappa shape index (κ3) is 2.75. The molecule has 2 aliphatic rings. The van der Waals surface area contributed by atoms with E-state index in [9.17, 15) is 9.18 Å². The first-order chi connectivity index (χ1) is 8.56. The summed E-state index contributed by atoms with van der Waals surface area (Å²) >= 11 is 3.02. The quantitative estimate of drug-likeness (QED) is 0.805. The van der Waals surface area contributed by atoms with Gasteiger partial charge in [-0.05, 0) is 59.3 Å². The highest BCUT2D eigenvalue weighted by Gasteiger charge is 2.50. The highest BCUT2D eigenvalue weighted by atomic mass is 79.9. The number of aryl methyl sites for hydroxylation is 1. The zero-order valence-electron chi connectivity index (χ0n) is 10.2. The van der Waals surface area contributed by atoms with Crippen molar-refractivity contribution in [3.63, 3.8) is 0 Å². The zero-order valence-corrected chi connectivity index (χ0v) is 12.6. The number of fused-ring (bicyclic) bond motifs is 1. The molecule has 0 spiro atoms. The molecule has 7 heteroatoms. The van der Waals surface area contributed by atoms with Gasteiger partial charge in [-0.2, -0.15) is 0 Å². The third-order valence-corrected chi connectivity index (χ3v) is 4.21. The van der Waals surface area contributed by atoms with Crippen molar-refractivity contribution in [1.82, 2.24) is 10.3 Å². The first-order valence-corrected chi connectivity index (χ1v) is 6.72. The fourth-order valence-corrected chi connectivity index (χ4v) is 2.80. The summed E-state index contributed by atoms with van der Waals surface area (Å²) in [6.07, 6.45) is 1.13. The monoisotopic (exact) mass is 349 g/mol. The van der Waals surface area contributed by atoms with Gasteiger partial charge in [-0.15, -0.1) is 12.4 Å². The number of halogens is 3. The highest BCUT2D eigenvalue weighted by molar-refractivity contribution is 9.10. The van der Waals surface area contributed by atoms with E-state index in [2.05, 4.69) is 31.5 Å². The van der Waals surface area contributed by atoms with E-state index >= 15 is 0 Å². The number of nitrogens with one attached hydrogen (secondary N) is 2. The van der Waals surface area contributed by atoms with Crippen LogP contribution in [0.25, 0.3) is 0 Å². The molecule has 104 valence electrons. The van der Waals surface area contributed by atoms with Gasteiger partial charge in [0.25, 0.3) is 0 Å². The summed E-state index contributed by atoms with van der Waals surface area (Å²) in [5, 5.41) is 5.96. The summed E-state index contributed by atoms with van der Waals surface area (Å²) in [5.74, 6) is 1.05. The second-order valence-corrected chi connectivity index (χ2v) is 5.71. The van der Waals surface area contributed by atoms with Crippen molar-refractivity contribution in [1.29, 1.82) is 0 Å². The Bertz CT molecular complexity index is 528. The van der Waals surface area contributed by atoms with Crippen molar-refractivity contribution < 1.29 is 9.18 Å². The fraction of sp³-hybridized carbons (Fsp3) is 0.500. The van der Waals surface area contributed by atoms with Gasteiger partial charge in [0, 0.05) is 0 Å². The van der Waals surface area contributed by atoms with Crippen molar-refractivity contribution in [3.8, 4) is 0 Å². The molecule has 0 bridgehead atoms. The summed E-state index contributed by atoms with van der Waals surface area (Å²) in [4.78, 5) is 16.1. The van der Waals surface area contributed by atoms with Crippen LogP contribution in [0.3, 0.4) is 0 Å². The van der Waals surface area contributed by atoms with Gasteiger partial charge in [-0.3, -0.25) is 4.79 Å². The van der Waals surface area contributed by atoms with Crippen LogP contribution >= 0.6 is 28.3 Å². The molecule has 2 fully saturated rings. The Balaban J connectivity index is 0.00000133. The molecule has 3 atom stereocenters. The number of nitrogens with zero attached hydrogens (tertiary/aromatic N) is 1. The predicted octanol–water partition coefficient (Wildman–Crippen LogP) is 2.26. The lowest BCUT2D eigenvalue weighted by Gasteiger charge is -2.14. The van der Waals surface area contributed by atoms with Crippen LogP contribution in [0.2, 0.25) is 0 Å². The summed E-state index contributed by atoms with van der Waals surface area (Å²) in [7, 11) is 0. The number of pyridine rings is 1. The highest BCUT2D eigenvalue weighted by Crippen LogP contribution is 2.45. The molecular weight excluding hydrogens is 337 g/mol. The minimum atomic E-state index is -0.424. The largest absolute Gasteiger partial charge is 0.309 e. The van der Waals surface area contributed by atoms with Gasteiger partial charge in [0.1, 0.15) is 10.4 Å². The standard InChI is InChI=1S/C12H13BrFN3O.ClH/c1-5-2-8(14)10(13)16-11(5)17-12(18)9-7-3-6(7)4-15-9;/h2,6-7,9,15H,3-4H2,1H3,(H,16,17,18);1H/t6-,7-,9+;/m1./s1. The molecule has 19 heavy (non-hydrogen) atoms. The van der Waals surface area contributed by atoms with Gasteiger partial charge in [0.15, 0.2) is 5.82 Å². The number of rotatable bonds is 2.